The van der Waals surface area contributed by atoms with Crippen molar-refractivity contribution in [1.82, 2.24) is 5.32 Å². The minimum absolute atomic E-state index is 0.0385. The van der Waals surface area contributed by atoms with Gasteiger partial charge >= 0.3 is 5.97 Å². The zero-order chi connectivity index (χ0) is 15.4. The van der Waals surface area contributed by atoms with Gasteiger partial charge in [0.25, 0.3) is 0 Å². The molecule has 0 fully saturated rings. The van der Waals surface area contributed by atoms with Gasteiger partial charge in [-0.15, -0.1) is 0 Å². The van der Waals surface area contributed by atoms with Gasteiger partial charge in [0.15, 0.2) is 0 Å². The Morgan fingerprint density at radius 3 is 2.30 bits per heavy atom. The molecule has 0 saturated carbocycles. The van der Waals surface area contributed by atoms with Crippen LogP contribution >= 0.6 is 0 Å². The van der Waals surface area contributed by atoms with Crippen molar-refractivity contribution in [2.45, 2.75) is 72.1 Å². The van der Waals surface area contributed by atoms with Crippen molar-refractivity contribution in [2.24, 2.45) is 11.8 Å². The van der Waals surface area contributed by atoms with E-state index in [9.17, 15) is 9.59 Å². The predicted molar refractivity (Wildman–Crippen MR) is 81.6 cm³/mol. The SMILES string of the molecule is CCCCCCCC(=O)NCC(CC(=O)O)CC(C)C. The first-order valence-electron chi connectivity index (χ1n) is 7.94. The highest BCUT2D eigenvalue weighted by molar-refractivity contribution is 5.75. The summed E-state index contributed by atoms with van der Waals surface area (Å²) in [5.74, 6) is -0.244. The number of rotatable bonds is 12. The highest BCUT2D eigenvalue weighted by Crippen LogP contribution is 2.15. The number of aliphatic carboxylic acids is 1. The number of nitrogens with one attached hydrogen (secondary N) is 1. The summed E-state index contributed by atoms with van der Waals surface area (Å²) in [4.78, 5) is 22.5. The molecule has 0 aromatic carbocycles. The second-order valence-corrected chi connectivity index (χ2v) is 6.06. The normalized spacial score (nSPS) is 12.4. The number of unbranched alkanes of at least 4 members (excludes halogenated alkanes) is 4. The standard InChI is InChI=1S/C16H31NO3/c1-4-5-6-7-8-9-15(18)17-12-14(10-13(2)3)11-16(19)20/h13-14H,4-12H2,1-3H3,(H,17,18)(H,19,20). The van der Waals surface area contributed by atoms with Crippen LogP contribution in [0.3, 0.4) is 0 Å². The molecule has 0 aliphatic heterocycles. The Bertz CT molecular complexity index is 277. The molecule has 20 heavy (non-hydrogen) atoms. The Labute approximate surface area is 123 Å². The van der Waals surface area contributed by atoms with Crippen LogP contribution in [-0.2, 0) is 9.59 Å². The number of carboxylic acids is 1. The Kier molecular flexibility index (Phi) is 11.1. The summed E-state index contributed by atoms with van der Waals surface area (Å²) in [6.07, 6.45) is 7.20. The molecule has 0 aromatic rings. The average molecular weight is 285 g/mol. The van der Waals surface area contributed by atoms with Crippen LogP contribution in [0.1, 0.15) is 72.1 Å². The maximum Gasteiger partial charge on any atom is 0.303 e. The molecule has 2 N–H and O–H groups in total. The number of amides is 1. The van der Waals surface area contributed by atoms with E-state index < -0.39 is 5.97 Å². The Balaban J connectivity index is 3.83. The van der Waals surface area contributed by atoms with Crippen molar-refractivity contribution in [3.8, 4) is 0 Å². The van der Waals surface area contributed by atoms with Crippen molar-refractivity contribution < 1.29 is 14.7 Å². The third kappa shape index (κ3) is 12.0. The minimum atomic E-state index is -0.788. The molecule has 0 bridgehead atoms. The van der Waals surface area contributed by atoms with Gasteiger partial charge in [-0.05, 0) is 24.7 Å². The molecule has 4 nitrogen and oxygen atoms in total. The highest BCUT2D eigenvalue weighted by Gasteiger charge is 2.15. The van der Waals surface area contributed by atoms with Crippen LogP contribution in [0.5, 0.6) is 0 Å². The number of carboxylic acid groups (broad SMARTS) is 1. The fourth-order valence-electron chi connectivity index (χ4n) is 2.39. The van der Waals surface area contributed by atoms with E-state index in [1.165, 1.54) is 19.3 Å². The lowest BCUT2D eigenvalue weighted by molar-refractivity contribution is -0.138. The average Bonchev–Trinajstić information content (AvgIpc) is 2.34. The molecule has 0 heterocycles. The maximum atomic E-state index is 11.7. The molecule has 118 valence electrons. The maximum absolute atomic E-state index is 11.7. The first-order valence-corrected chi connectivity index (χ1v) is 7.94. The Morgan fingerprint density at radius 1 is 1.10 bits per heavy atom. The summed E-state index contributed by atoms with van der Waals surface area (Å²) < 4.78 is 0. The van der Waals surface area contributed by atoms with Gasteiger partial charge in [0.2, 0.25) is 5.91 Å². The van der Waals surface area contributed by atoms with E-state index in [1.54, 1.807) is 0 Å². The van der Waals surface area contributed by atoms with Crippen LogP contribution in [0.2, 0.25) is 0 Å². The lowest BCUT2D eigenvalue weighted by atomic mass is 9.94. The summed E-state index contributed by atoms with van der Waals surface area (Å²) in [6.45, 7) is 6.80. The molecular formula is C16H31NO3. The number of carbonyl (C=O) groups excluding carboxylic acids is 1. The second-order valence-electron chi connectivity index (χ2n) is 6.06. The lowest BCUT2D eigenvalue weighted by Crippen LogP contribution is -2.30. The van der Waals surface area contributed by atoms with E-state index in [-0.39, 0.29) is 18.2 Å². The van der Waals surface area contributed by atoms with E-state index in [1.807, 2.05) is 0 Å². The first-order chi connectivity index (χ1) is 9.45. The summed E-state index contributed by atoms with van der Waals surface area (Å²) in [7, 11) is 0. The predicted octanol–water partition coefficient (Wildman–Crippen LogP) is 3.60. The molecule has 0 radical (unpaired) electrons. The molecule has 0 aliphatic carbocycles. The molecule has 1 atom stereocenters. The van der Waals surface area contributed by atoms with Gasteiger partial charge in [0.1, 0.15) is 0 Å². The van der Waals surface area contributed by atoms with E-state index in [0.29, 0.717) is 18.9 Å². The Hall–Kier alpha value is -1.06. The summed E-state index contributed by atoms with van der Waals surface area (Å²) in [6, 6.07) is 0. The fourth-order valence-corrected chi connectivity index (χ4v) is 2.39. The Morgan fingerprint density at radius 2 is 1.75 bits per heavy atom. The first kappa shape index (κ1) is 18.9. The van der Waals surface area contributed by atoms with Crippen LogP contribution in [-0.4, -0.2) is 23.5 Å². The number of hydrogen-bond acceptors (Lipinski definition) is 2. The van der Waals surface area contributed by atoms with Gasteiger partial charge in [-0.1, -0.05) is 46.5 Å². The monoisotopic (exact) mass is 285 g/mol. The van der Waals surface area contributed by atoms with Gasteiger partial charge in [-0.3, -0.25) is 9.59 Å². The molecule has 0 saturated heterocycles. The van der Waals surface area contributed by atoms with Gasteiger partial charge in [0, 0.05) is 19.4 Å². The quantitative estimate of drug-likeness (QED) is 0.538. The van der Waals surface area contributed by atoms with Crippen LogP contribution in [0.4, 0.5) is 0 Å². The smallest absolute Gasteiger partial charge is 0.303 e. The molecule has 1 amide bonds. The zero-order valence-electron chi connectivity index (χ0n) is 13.3. The van der Waals surface area contributed by atoms with Gasteiger partial charge in [-0.25, -0.2) is 0 Å². The van der Waals surface area contributed by atoms with E-state index in [0.717, 1.165) is 19.3 Å². The molecule has 1 unspecified atom stereocenters. The summed E-state index contributed by atoms with van der Waals surface area (Å²) >= 11 is 0. The molecule has 0 aromatic heterocycles. The van der Waals surface area contributed by atoms with Crippen LogP contribution in [0.15, 0.2) is 0 Å². The largest absolute Gasteiger partial charge is 0.481 e. The highest BCUT2D eigenvalue weighted by atomic mass is 16.4. The summed E-state index contributed by atoms with van der Waals surface area (Å²) in [5, 5.41) is 11.8. The van der Waals surface area contributed by atoms with Crippen LogP contribution < -0.4 is 5.32 Å². The van der Waals surface area contributed by atoms with Crippen molar-refractivity contribution >= 4 is 11.9 Å². The van der Waals surface area contributed by atoms with Gasteiger partial charge in [-0.2, -0.15) is 0 Å². The topological polar surface area (TPSA) is 66.4 Å². The van der Waals surface area contributed by atoms with Crippen molar-refractivity contribution in [3.63, 3.8) is 0 Å². The molecule has 0 rings (SSSR count). The minimum Gasteiger partial charge on any atom is -0.481 e. The second kappa shape index (κ2) is 11.7. The van der Waals surface area contributed by atoms with Crippen LogP contribution in [0, 0.1) is 11.8 Å². The third-order valence-electron chi connectivity index (χ3n) is 3.36. The number of carbonyl (C=O) groups is 2. The van der Waals surface area contributed by atoms with Gasteiger partial charge in [0.05, 0.1) is 0 Å². The van der Waals surface area contributed by atoms with E-state index in [4.69, 9.17) is 5.11 Å². The molecule has 0 aliphatic rings. The molecule has 4 heteroatoms. The van der Waals surface area contributed by atoms with E-state index >= 15 is 0 Å². The number of hydrogen-bond donors (Lipinski definition) is 2. The van der Waals surface area contributed by atoms with E-state index in [2.05, 4.69) is 26.1 Å². The van der Waals surface area contributed by atoms with Crippen molar-refractivity contribution in [1.29, 1.82) is 0 Å². The zero-order valence-corrected chi connectivity index (χ0v) is 13.3. The van der Waals surface area contributed by atoms with Gasteiger partial charge < -0.3 is 10.4 Å². The van der Waals surface area contributed by atoms with Crippen molar-refractivity contribution in [2.75, 3.05) is 6.54 Å². The summed E-state index contributed by atoms with van der Waals surface area (Å²) in [5.41, 5.74) is 0. The lowest BCUT2D eigenvalue weighted by Gasteiger charge is -2.17. The van der Waals surface area contributed by atoms with Crippen molar-refractivity contribution in [3.05, 3.63) is 0 Å². The van der Waals surface area contributed by atoms with Crippen LogP contribution in [0.25, 0.3) is 0 Å². The molecular weight excluding hydrogens is 254 g/mol. The fraction of sp³-hybridized carbons (Fsp3) is 0.875. The molecule has 0 spiro atoms. The third-order valence-corrected chi connectivity index (χ3v) is 3.36.